The van der Waals surface area contributed by atoms with Crippen LogP contribution in [0.5, 0.6) is 0 Å². The summed E-state index contributed by atoms with van der Waals surface area (Å²) in [4.78, 5) is 11.5. The highest BCUT2D eigenvalue weighted by Gasteiger charge is 2.23. The van der Waals surface area contributed by atoms with Gasteiger partial charge in [0.25, 0.3) is 0 Å². The van der Waals surface area contributed by atoms with Gasteiger partial charge >= 0.3 is 5.97 Å². The number of carbonyl (C=O) groups is 1. The highest BCUT2D eigenvalue weighted by atomic mass is 79.9. The molecule has 26 heavy (non-hydrogen) atoms. The number of aliphatic hydroxyl groups excluding tert-OH is 1. The fraction of sp³-hybridized carbons (Fsp3) is 0.167. The predicted molar refractivity (Wildman–Crippen MR) is 105 cm³/mol. The van der Waals surface area contributed by atoms with Gasteiger partial charge in [-0.2, -0.15) is 0 Å². The van der Waals surface area contributed by atoms with E-state index in [0.29, 0.717) is 21.3 Å². The first-order valence-corrected chi connectivity index (χ1v) is 9.27. The van der Waals surface area contributed by atoms with Crippen LogP contribution < -0.4 is 0 Å². The van der Waals surface area contributed by atoms with Crippen LogP contribution in [0.15, 0.2) is 70.2 Å². The molecule has 0 aliphatic heterocycles. The maximum absolute atomic E-state index is 12.2. The van der Waals surface area contributed by atoms with Crippen LogP contribution in [0.25, 0.3) is 0 Å². The molecule has 136 valence electrons. The smallest absolute Gasteiger partial charge is 0.362 e. The van der Waals surface area contributed by atoms with E-state index in [2.05, 4.69) is 26.2 Å². The molecule has 0 bridgehead atoms. The number of alkyl halides is 1. The number of allylic oxidation sites excluding steroid dienone is 1. The molecular weight excluding hydrogens is 443 g/mol. The summed E-state index contributed by atoms with van der Waals surface area (Å²) >= 11 is 15.3. The lowest BCUT2D eigenvalue weighted by Gasteiger charge is -2.12. The van der Waals surface area contributed by atoms with Gasteiger partial charge in [0, 0.05) is 5.02 Å². The summed E-state index contributed by atoms with van der Waals surface area (Å²) < 4.78 is 4.96. The van der Waals surface area contributed by atoms with Crippen LogP contribution in [0.4, 0.5) is 5.69 Å². The molecule has 0 aliphatic rings. The maximum Gasteiger partial charge on any atom is 0.362 e. The second-order valence-corrected chi connectivity index (χ2v) is 6.78. The number of azo groups is 1. The summed E-state index contributed by atoms with van der Waals surface area (Å²) in [6.07, 6.45) is 0. The molecule has 0 fully saturated rings. The molecule has 1 unspecified atom stereocenters. The van der Waals surface area contributed by atoms with Crippen molar-refractivity contribution in [1.29, 1.82) is 0 Å². The number of nitrogens with zero attached hydrogens (tertiary/aromatic N) is 2. The fourth-order valence-corrected chi connectivity index (χ4v) is 2.76. The van der Waals surface area contributed by atoms with E-state index in [4.69, 9.17) is 27.9 Å². The van der Waals surface area contributed by atoms with E-state index < -0.39 is 10.8 Å². The van der Waals surface area contributed by atoms with E-state index in [9.17, 15) is 9.90 Å². The molecule has 5 nitrogen and oxygen atoms in total. The summed E-state index contributed by atoms with van der Waals surface area (Å²) in [5, 5.41) is 19.3. The van der Waals surface area contributed by atoms with Crippen molar-refractivity contribution >= 4 is 50.8 Å². The summed E-state index contributed by atoms with van der Waals surface area (Å²) in [6, 6.07) is 13.5. The lowest BCUT2D eigenvalue weighted by atomic mass is 10.1. The number of hydrogen-bond acceptors (Lipinski definition) is 5. The number of ether oxygens (including phenoxy) is 1. The van der Waals surface area contributed by atoms with Crippen molar-refractivity contribution in [3.63, 3.8) is 0 Å². The zero-order chi connectivity index (χ0) is 19.1. The third-order valence-electron chi connectivity index (χ3n) is 3.22. The summed E-state index contributed by atoms with van der Waals surface area (Å²) in [7, 11) is 0. The Labute approximate surface area is 169 Å². The first-order valence-electron chi connectivity index (χ1n) is 7.60. The molecule has 0 aliphatic carbocycles. The first-order chi connectivity index (χ1) is 12.4. The molecule has 1 N–H and O–H groups in total. The minimum Gasteiger partial charge on any atom is -0.508 e. The molecule has 2 aromatic carbocycles. The minimum atomic E-state index is -0.792. The quantitative estimate of drug-likeness (QED) is 0.176. The Hall–Kier alpha value is -1.89. The van der Waals surface area contributed by atoms with Gasteiger partial charge in [0.2, 0.25) is 5.70 Å². The number of halogens is 3. The SMILES string of the molecule is CCOC(=O)/C(N=Nc1ccccc1Cl)=C(\O)C(Br)c1ccc(Cl)cc1. The van der Waals surface area contributed by atoms with Crippen LogP contribution in [0.3, 0.4) is 0 Å². The van der Waals surface area contributed by atoms with Gasteiger partial charge in [-0.25, -0.2) is 4.79 Å². The Balaban J connectivity index is 2.41. The van der Waals surface area contributed by atoms with Gasteiger partial charge in [-0.1, -0.05) is 63.4 Å². The van der Waals surface area contributed by atoms with Gasteiger partial charge in [0.15, 0.2) is 0 Å². The van der Waals surface area contributed by atoms with Gasteiger partial charge in [-0.15, -0.1) is 10.2 Å². The topological polar surface area (TPSA) is 71.2 Å². The Kier molecular flexibility index (Phi) is 7.63. The van der Waals surface area contributed by atoms with Crippen molar-refractivity contribution in [2.24, 2.45) is 10.2 Å². The lowest BCUT2D eigenvalue weighted by Crippen LogP contribution is -2.10. The molecule has 0 saturated heterocycles. The Bertz CT molecular complexity index is 839. The van der Waals surface area contributed by atoms with E-state index >= 15 is 0 Å². The fourth-order valence-electron chi connectivity index (χ4n) is 1.94. The third kappa shape index (κ3) is 5.30. The normalized spacial score (nSPS) is 13.4. The second-order valence-electron chi connectivity index (χ2n) is 5.02. The highest BCUT2D eigenvalue weighted by Crippen LogP contribution is 2.33. The van der Waals surface area contributed by atoms with Crippen molar-refractivity contribution < 1.29 is 14.6 Å². The highest BCUT2D eigenvalue weighted by molar-refractivity contribution is 9.09. The van der Waals surface area contributed by atoms with Crippen LogP contribution in [0.1, 0.15) is 17.3 Å². The second kappa shape index (κ2) is 9.71. The average molecular weight is 458 g/mol. The van der Waals surface area contributed by atoms with Crippen LogP contribution in [-0.4, -0.2) is 17.7 Å². The lowest BCUT2D eigenvalue weighted by molar-refractivity contribution is -0.138. The first kappa shape index (κ1) is 20.4. The van der Waals surface area contributed by atoms with Crippen molar-refractivity contribution in [2.45, 2.75) is 11.8 Å². The Morgan fingerprint density at radius 1 is 1.19 bits per heavy atom. The number of rotatable bonds is 6. The number of aliphatic hydroxyl groups is 1. The van der Waals surface area contributed by atoms with Crippen molar-refractivity contribution in [3.8, 4) is 0 Å². The van der Waals surface area contributed by atoms with Crippen LogP contribution in [0, 0.1) is 0 Å². The van der Waals surface area contributed by atoms with Crippen molar-refractivity contribution in [2.75, 3.05) is 6.61 Å². The van der Waals surface area contributed by atoms with Gasteiger partial charge in [-0.3, -0.25) is 0 Å². The minimum absolute atomic E-state index is 0.130. The molecule has 0 aromatic heterocycles. The van der Waals surface area contributed by atoms with Crippen LogP contribution in [0.2, 0.25) is 10.0 Å². The summed E-state index contributed by atoms with van der Waals surface area (Å²) in [6.45, 7) is 1.79. The molecular formula is C18H15BrCl2N2O3. The van der Waals surface area contributed by atoms with Gasteiger partial charge in [-0.05, 0) is 36.8 Å². The predicted octanol–water partition coefficient (Wildman–Crippen LogP) is 6.55. The van der Waals surface area contributed by atoms with Crippen molar-refractivity contribution in [3.05, 3.63) is 75.6 Å². The number of benzene rings is 2. The molecule has 8 heteroatoms. The Morgan fingerprint density at radius 3 is 2.46 bits per heavy atom. The molecule has 0 heterocycles. The standard InChI is InChI=1S/C18H15BrCl2N2O3/c1-2-26-18(25)16(23-22-14-6-4-3-5-13(14)21)17(24)15(19)11-7-9-12(20)10-8-11/h3-10,15,24H,2H2,1H3/b17-16+,23-22?. The number of hydrogen-bond donors (Lipinski definition) is 1. The number of carbonyl (C=O) groups excluding carboxylic acids is 1. The van der Waals surface area contributed by atoms with Crippen LogP contribution in [-0.2, 0) is 9.53 Å². The Morgan fingerprint density at radius 2 is 1.85 bits per heavy atom. The van der Waals surface area contributed by atoms with E-state index in [1.165, 1.54) is 0 Å². The molecule has 0 spiro atoms. The van der Waals surface area contributed by atoms with E-state index in [-0.39, 0.29) is 18.1 Å². The molecule has 0 radical (unpaired) electrons. The summed E-state index contributed by atoms with van der Waals surface area (Å²) in [5.41, 5.74) is 0.728. The largest absolute Gasteiger partial charge is 0.508 e. The van der Waals surface area contributed by atoms with Crippen LogP contribution >= 0.6 is 39.1 Å². The van der Waals surface area contributed by atoms with Gasteiger partial charge in [0.05, 0.1) is 16.5 Å². The van der Waals surface area contributed by atoms with Gasteiger partial charge < -0.3 is 9.84 Å². The van der Waals surface area contributed by atoms with E-state index in [1.54, 1.807) is 55.5 Å². The van der Waals surface area contributed by atoms with E-state index in [1.807, 2.05) is 0 Å². The maximum atomic E-state index is 12.2. The third-order valence-corrected chi connectivity index (χ3v) is 4.76. The molecule has 0 amide bonds. The molecule has 2 aromatic rings. The van der Waals surface area contributed by atoms with E-state index in [0.717, 1.165) is 0 Å². The average Bonchev–Trinajstić information content (AvgIpc) is 2.63. The monoisotopic (exact) mass is 456 g/mol. The van der Waals surface area contributed by atoms with Gasteiger partial charge in [0.1, 0.15) is 11.4 Å². The molecule has 0 saturated carbocycles. The number of esters is 1. The molecule has 2 rings (SSSR count). The zero-order valence-corrected chi connectivity index (χ0v) is 16.8. The molecule has 1 atom stereocenters. The summed E-state index contributed by atoms with van der Waals surface area (Å²) in [5.74, 6) is -1.12. The van der Waals surface area contributed by atoms with Crippen molar-refractivity contribution in [1.82, 2.24) is 0 Å². The zero-order valence-electron chi connectivity index (χ0n) is 13.7.